The Bertz CT molecular complexity index is 624. The van der Waals surface area contributed by atoms with Crippen molar-refractivity contribution in [2.45, 2.75) is 26.4 Å². The van der Waals surface area contributed by atoms with Gasteiger partial charge in [-0.15, -0.1) is 0 Å². The molecule has 1 heterocycles. The first-order chi connectivity index (χ1) is 9.49. The molecule has 0 aliphatic carbocycles. The lowest BCUT2D eigenvalue weighted by molar-refractivity contribution is -0.119. The number of hydrogen-bond donors (Lipinski definition) is 2. The Kier molecular flexibility index (Phi) is 4.20. The second-order valence-electron chi connectivity index (χ2n) is 5.18. The van der Waals surface area contributed by atoms with Gasteiger partial charge in [0.05, 0.1) is 12.1 Å². The molecule has 0 saturated carbocycles. The molecule has 0 saturated heterocycles. The second kappa shape index (κ2) is 5.88. The van der Waals surface area contributed by atoms with E-state index in [1.807, 2.05) is 43.0 Å². The highest BCUT2D eigenvalue weighted by Crippen LogP contribution is 2.24. The number of fused-ring (bicyclic) bond motifs is 1. The molecule has 0 unspecified atom stereocenters. The molecule has 4 N–H and O–H groups in total. The van der Waals surface area contributed by atoms with E-state index in [4.69, 9.17) is 11.5 Å². The zero-order chi connectivity index (χ0) is 14.7. The Morgan fingerprint density at radius 3 is 2.75 bits per heavy atom. The van der Waals surface area contributed by atoms with Gasteiger partial charge in [0.2, 0.25) is 5.91 Å². The van der Waals surface area contributed by atoms with Gasteiger partial charge in [-0.2, -0.15) is 0 Å². The van der Waals surface area contributed by atoms with Crippen molar-refractivity contribution < 1.29 is 4.79 Å². The van der Waals surface area contributed by atoms with Crippen LogP contribution >= 0.6 is 0 Å². The maximum Gasteiger partial charge on any atom is 0.231 e. The van der Waals surface area contributed by atoms with Crippen molar-refractivity contribution in [2.75, 3.05) is 12.3 Å². The van der Waals surface area contributed by atoms with Crippen LogP contribution in [0.5, 0.6) is 0 Å². The number of carbonyl (C=O) groups is 1. The van der Waals surface area contributed by atoms with Gasteiger partial charge >= 0.3 is 0 Å². The zero-order valence-corrected chi connectivity index (χ0v) is 11.8. The van der Waals surface area contributed by atoms with E-state index in [0.29, 0.717) is 12.2 Å². The number of benzene rings is 1. The van der Waals surface area contributed by atoms with Crippen LogP contribution in [0.2, 0.25) is 0 Å². The molecule has 5 heteroatoms. The summed E-state index contributed by atoms with van der Waals surface area (Å²) < 4.78 is 0. The third-order valence-electron chi connectivity index (χ3n) is 3.35. The molecule has 0 radical (unpaired) electrons. The molecule has 0 aliphatic rings. The van der Waals surface area contributed by atoms with E-state index in [-0.39, 0.29) is 18.5 Å². The maximum atomic E-state index is 11.2. The van der Waals surface area contributed by atoms with Crippen LogP contribution in [0.1, 0.15) is 19.4 Å². The van der Waals surface area contributed by atoms with Crippen LogP contribution in [0.25, 0.3) is 10.9 Å². The molecular weight excluding hydrogens is 252 g/mol. The maximum absolute atomic E-state index is 11.2. The Balaban J connectivity index is 2.37. The molecule has 106 valence electrons. The fourth-order valence-electron chi connectivity index (χ4n) is 2.22. The van der Waals surface area contributed by atoms with E-state index in [9.17, 15) is 4.79 Å². The van der Waals surface area contributed by atoms with Crippen LogP contribution in [-0.2, 0) is 11.3 Å². The Morgan fingerprint density at radius 2 is 2.10 bits per heavy atom. The molecule has 1 aromatic heterocycles. The molecular formula is C15H20N4O. The number of nitrogen functional groups attached to an aromatic ring is 1. The Hall–Kier alpha value is -2.14. The van der Waals surface area contributed by atoms with Crippen LogP contribution < -0.4 is 11.5 Å². The summed E-state index contributed by atoms with van der Waals surface area (Å²) in [5.41, 5.74) is 13.9. The summed E-state index contributed by atoms with van der Waals surface area (Å²) in [5, 5.41) is 0.938. The molecule has 2 aromatic rings. The molecule has 1 amide bonds. The summed E-state index contributed by atoms with van der Waals surface area (Å²) >= 11 is 0. The summed E-state index contributed by atoms with van der Waals surface area (Å²) in [6.07, 6.45) is 1.75. The molecule has 5 nitrogen and oxygen atoms in total. The van der Waals surface area contributed by atoms with Gasteiger partial charge in [-0.05, 0) is 37.6 Å². The number of nitrogens with zero attached hydrogens (tertiary/aromatic N) is 2. The van der Waals surface area contributed by atoms with Crippen LogP contribution in [0, 0.1) is 0 Å². The number of primary amides is 1. The molecule has 0 aliphatic heterocycles. The Morgan fingerprint density at radius 1 is 1.35 bits per heavy atom. The van der Waals surface area contributed by atoms with Crippen LogP contribution in [0.4, 0.5) is 5.69 Å². The molecule has 2 rings (SSSR count). The standard InChI is InChI=1S/C15H20N4O/c1-10(2)19(9-14(17)20)8-11-5-6-13(16)12-4-3-7-18-15(11)12/h3-7,10H,8-9,16H2,1-2H3,(H2,17,20). The lowest BCUT2D eigenvalue weighted by Gasteiger charge is -2.25. The average molecular weight is 272 g/mol. The predicted molar refractivity (Wildman–Crippen MR) is 80.9 cm³/mol. The van der Waals surface area contributed by atoms with E-state index in [1.54, 1.807) is 6.20 Å². The quantitative estimate of drug-likeness (QED) is 0.808. The lowest BCUT2D eigenvalue weighted by Crippen LogP contribution is -2.38. The molecule has 0 fully saturated rings. The van der Waals surface area contributed by atoms with Crippen molar-refractivity contribution in [3.63, 3.8) is 0 Å². The third-order valence-corrected chi connectivity index (χ3v) is 3.35. The first kappa shape index (κ1) is 14.3. The fourth-order valence-corrected chi connectivity index (χ4v) is 2.22. The summed E-state index contributed by atoms with van der Waals surface area (Å²) in [6, 6.07) is 7.88. The molecule has 0 spiro atoms. The number of aromatic nitrogens is 1. The van der Waals surface area contributed by atoms with Crippen LogP contribution in [0.3, 0.4) is 0 Å². The summed E-state index contributed by atoms with van der Waals surface area (Å²) in [4.78, 5) is 17.6. The number of pyridine rings is 1. The van der Waals surface area contributed by atoms with E-state index in [2.05, 4.69) is 4.98 Å². The normalized spacial score (nSPS) is 11.4. The third kappa shape index (κ3) is 3.05. The minimum Gasteiger partial charge on any atom is -0.398 e. The highest BCUT2D eigenvalue weighted by Gasteiger charge is 2.15. The second-order valence-corrected chi connectivity index (χ2v) is 5.18. The first-order valence-corrected chi connectivity index (χ1v) is 6.63. The van der Waals surface area contributed by atoms with Crippen molar-refractivity contribution in [1.29, 1.82) is 0 Å². The molecule has 1 aromatic carbocycles. The smallest absolute Gasteiger partial charge is 0.231 e. The van der Waals surface area contributed by atoms with Crippen molar-refractivity contribution in [3.05, 3.63) is 36.0 Å². The van der Waals surface area contributed by atoms with E-state index in [0.717, 1.165) is 16.5 Å². The van der Waals surface area contributed by atoms with Crippen molar-refractivity contribution in [3.8, 4) is 0 Å². The number of hydrogen-bond acceptors (Lipinski definition) is 4. The number of anilines is 1. The molecule has 0 atom stereocenters. The van der Waals surface area contributed by atoms with Gasteiger partial charge in [0.1, 0.15) is 0 Å². The largest absolute Gasteiger partial charge is 0.398 e. The zero-order valence-electron chi connectivity index (χ0n) is 11.8. The number of carbonyl (C=O) groups excluding carboxylic acids is 1. The summed E-state index contributed by atoms with van der Waals surface area (Å²) in [7, 11) is 0. The van der Waals surface area contributed by atoms with Gasteiger partial charge in [-0.1, -0.05) is 6.07 Å². The highest BCUT2D eigenvalue weighted by molar-refractivity contribution is 5.92. The minimum atomic E-state index is -0.327. The highest BCUT2D eigenvalue weighted by atomic mass is 16.1. The van der Waals surface area contributed by atoms with Crippen molar-refractivity contribution >= 4 is 22.5 Å². The van der Waals surface area contributed by atoms with Crippen molar-refractivity contribution in [1.82, 2.24) is 9.88 Å². The number of rotatable bonds is 5. The van der Waals surface area contributed by atoms with Gasteiger partial charge in [0.25, 0.3) is 0 Å². The van der Waals surface area contributed by atoms with Crippen molar-refractivity contribution in [2.24, 2.45) is 5.73 Å². The molecule has 0 bridgehead atoms. The fraction of sp³-hybridized carbons (Fsp3) is 0.333. The van der Waals surface area contributed by atoms with Gasteiger partial charge in [-0.3, -0.25) is 14.7 Å². The SMILES string of the molecule is CC(C)N(CC(N)=O)Cc1ccc(N)c2cccnc12. The predicted octanol–water partition coefficient (Wildman–Crippen LogP) is 1.51. The summed E-state index contributed by atoms with van der Waals surface area (Å²) in [5.74, 6) is -0.327. The van der Waals surface area contributed by atoms with E-state index in [1.165, 1.54) is 0 Å². The van der Waals surface area contributed by atoms with E-state index < -0.39 is 0 Å². The number of nitrogens with two attached hydrogens (primary N) is 2. The minimum absolute atomic E-state index is 0.221. The van der Waals surface area contributed by atoms with Gasteiger partial charge in [-0.25, -0.2) is 0 Å². The molecule has 20 heavy (non-hydrogen) atoms. The lowest BCUT2D eigenvalue weighted by atomic mass is 10.1. The monoisotopic (exact) mass is 272 g/mol. The van der Waals surface area contributed by atoms with Gasteiger partial charge < -0.3 is 11.5 Å². The number of amides is 1. The summed E-state index contributed by atoms with van der Waals surface area (Å²) in [6.45, 7) is 4.93. The topological polar surface area (TPSA) is 85.2 Å². The van der Waals surface area contributed by atoms with Crippen LogP contribution in [-0.4, -0.2) is 28.4 Å². The first-order valence-electron chi connectivity index (χ1n) is 6.63. The van der Waals surface area contributed by atoms with Crippen LogP contribution in [0.15, 0.2) is 30.5 Å². The average Bonchev–Trinajstić information content (AvgIpc) is 2.40. The van der Waals surface area contributed by atoms with Gasteiger partial charge in [0, 0.05) is 29.9 Å². The van der Waals surface area contributed by atoms with E-state index >= 15 is 0 Å². The van der Waals surface area contributed by atoms with Gasteiger partial charge in [0.15, 0.2) is 0 Å². The Labute approximate surface area is 118 Å².